The summed E-state index contributed by atoms with van der Waals surface area (Å²) in [6.45, 7) is 13.9. The zero-order chi connectivity index (χ0) is 66.9. The number of aromatic nitrogens is 2. The molecule has 30 heteroatoms. The van der Waals surface area contributed by atoms with Crippen molar-refractivity contribution in [1.82, 2.24) is 68.5 Å². The number of rotatable bonds is 37. The number of carbonyl (C=O) groups is 9. The van der Waals surface area contributed by atoms with E-state index in [-0.39, 0.29) is 82.5 Å². The van der Waals surface area contributed by atoms with Crippen LogP contribution in [0.15, 0.2) is 60.9 Å². The van der Waals surface area contributed by atoms with E-state index in [1.54, 1.807) is 73.8 Å². The molecule has 0 saturated heterocycles. The average molecular weight is 1260 g/mol. The number of hydrogen-bond acceptors (Lipinski definition) is 13. The average Bonchev–Trinajstić information content (AvgIpc) is 1.79. The molecule has 0 aliphatic heterocycles. The van der Waals surface area contributed by atoms with Crippen LogP contribution in [0.4, 0.5) is 0 Å². The molecule has 0 saturated carbocycles. The van der Waals surface area contributed by atoms with Crippen LogP contribution in [0.5, 0.6) is 0 Å². The van der Waals surface area contributed by atoms with Crippen molar-refractivity contribution in [2.45, 2.75) is 161 Å². The summed E-state index contributed by atoms with van der Waals surface area (Å²) < 4.78 is 0. The van der Waals surface area contributed by atoms with Gasteiger partial charge in [-0.3, -0.25) is 54.6 Å². The first-order valence-electron chi connectivity index (χ1n) is 30.2. The summed E-state index contributed by atoms with van der Waals surface area (Å²) in [6, 6.07) is 2.96. The number of amides is 8. The smallest absolute Gasteiger partial charge is 0.326 e. The zero-order valence-electron chi connectivity index (χ0n) is 52.5. The van der Waals surface area contributed by atoms with Crippen LogP contribution in [0.25, 0.3) is 21.8 Å². The Morgan fingerprint density at radius 1 is 0.422 bits per heavy atom. The largest absolute Gasteiger partial charge is 0.480 e. The molecule has 0 fully saturated rings. The lowest BCUT2D eigenvalue weighted by Gasteiger charge is -2.31. The van der Waals surface area contributed by atoms with Gasteiger partial charge in [-0.25, -0.2) is 4.79 Å². The molecule has 90 heavy (non-hydrogen) atoms. The van der Waals surface area contributed by atoms with Gasteiger partial charge in [0.2, 0.25) is 47.3 Å². The number of fused-ring (bicyclic) bond motifs is 2. The minimum atomic E-state index is -1.43. The predicted molar refractivity (Wildman–Crippen MR) is 342 cm³/mol. The van der Waals surface area contributed by atoms with Gasteiger partial charge in [-0.15, -0.1) is 0 Å². The SMILES string of the molecule is CC(C)[C@H](NC(=O)[C@H](Cc1c[nH]c2ccccc12)NC(=O)[C@H](CCCNC(=N)N)NC(=O)[C@H](CCCNC(=N)N)NC(=O)[C@@H](N)CCCNC(=N)N)C(=O)N[C@H](C(=O)N[C@H](C(=O)N[C@H](C(=O)N[C@@H](Cc1c[nH]c2ccccc12)C(=O)O)C(C)C)C(C)C)C(C)C. The summed E-state index contributed by atoms with van der Waals surface area (Å²) in [6.07, 6.45) is 3.99. The fourth-order valence-electron chi connectivity index (χ4n) is 9.93. The minimum absolute atomic E-state index is 0.000836. The monoisotopic (exact) mass is 1250 g/mol. The van der Waals surface area contributed by atoms with Crippen LogP contribution < -0.4 is 81.4 Å². The van der Waals surface area contributed by atoms with Crippen molar-refractivity contribution in [1.29, 1.82) is 16.2 Å². The van der Waals surface area contributed by atoms with E-state index in [1.165, 1.54) is 0 Å². The number of nitrogens with one attached hydrogen (secondary N) is 16. The molecule has 9 atom stereocenters. The molecule has 0 aliphatic rings. The lowest BCUT2D eigenvalue weighted by Crippen LogP contribution is -2.62. The first-order chi connectivity index (χ1) is 42.5. The first-order valence-corrected chi connectivity index (χ1v) is 30.2. The molecule has 30 nitrogen and oxygen atoms in total. The molecular weight excluding hydrogens is 1160 g/mol. The molecule has 2 aromatic heterocycles. The molecule has 0 spiro atoms. The van der Waals surface area contributed by atoms with E-state index < -0.39 is 131 Å². The Balaban J connectivity index is 1.58. The summed E-state index contributed by atoms with van der Waals surface area (Å²) in [5.41, 5.74) is 25.4. The normalized spacial score (nSPS) is 14.4. The minimum Gasteiger partial charge on any atom is -0.480 e. The van der Waals surface area contributed by atoms with E-state index in [1.807, 2.05) is 42.5 Å². The van der Waals surface area contributed by atoms with Gasteiger partial charge in [-0.2, -0.15) is 0 Å². The topological polar surface area (TPSA) is 513 Å². The lowest BCUT2D eigenvalue weighted by atomic mass is 9.96. The molecule has 2 aromatic carbocycles. The summed E-state index contributed by atoms with van der Waals surface area (Å²) in [4.78, 5) is 133. The number of benzene rings is 2. The second-order valence-electron chi connectivity index (χ2n) is 23.7. The van der Waals surface area contributed by atoms with E-state index in [4.69, 9.17) is 39.2 Å². The number of aromatic amines is 2. The lowest BCUT2D eigenvalue weighted by molar-refractivity contribution is -0.142. The van der Waals surface area contributed by atoms with Crippen LogP contribution in [0.3, 0.4) is 0 Å². The highest BCUT2D eigenvalue weighted by Crippen LogP contribution is 2.22. The second kappa shape index (κ2) is 35.5. The van der Waals surface area contributed by atoms with Crippen LogP contribution >= 0.6 is 0 Å². The number of guanidine groups is 3. The fraction of sp³-hybridized carbons (Fsp3) is 0.533. The number of carbonyl (C=O) groups excluding carboxylic acids is 8. The van der Waals surface area contributed by atoms with Crippen molar-refractivity contribution >= 4 is 92.9 Å². The number of aliphatic carboxylic acids is 1. The molecule has 494 valence electrons. The Bertz CT molecular complexity index is 3140. The number of nitrogens with two attached hydrogens (primary N) is 4. The highest BCUT2D eigenvalue weighted by molar-refractivity contribution is 5.99. The number of H-pyrrole nitrogens is 2. The Morgan fingerprint density at radius 2 is 0.722 bits per heavy atom. The van der Waals surface area contributed by atoms with Crippen LogP contribution in [-0.2, 0) is 56.0 Å². The van der Waals surface area contributed by atoms with Crippen molar-refractivity contribution in [3.63, 3.8) is 0 Å². The molecular formula is C60H94N20O10. The Morgan fingerprint density at radius 3 is 1.09 bits per heavy atom. The summed E-state index contributed by atoms with van der Waals surface area (Å²) in [7, 11) is 0. The third-order valence-electron chi connectivity index (χ3n) is 15.0. The van der Waals surface area contributed by atoms with Gasteiger partial charge >= 0.3 is 5.97 Å². The maximum absolute atomic E-state index is 14.9. The van der Waals surface area contributed by atoms with Crippen molar-refractivity contribution in [3.8, 4) is 0 Å². The molecule has 0 unspecified atom stereocenters. The summed E-state index contributed by atoms with van der Waals surface area (Å²) >= 11 is 0. The van der Waals surface area contributed by atoms with Gasteiger partial charge in [-0.05, 0) is 85.5 Å². The van der Waals surface area contributed by atoms with Crippen molar-refractivity contribution in [2.75, 3.05) is 19.6 Å². The highest BCUT2D eigenvalue weighted by atomic mass is 16.4. The Hall–Kier alpha value is -9.48. The van der Waals surface area contributed by atoms with Crippen molar-refractivity contribution < 1.29 is 48.3 Å². The third-order valence-corrected chi connectivity index (χ3v) is 15.0. The molecule has 2 heterocycles. The third kappa shape index (κ3) is 22.9. The van der Waals surface area contributed by atoms with Gasteiger partial charge in [0.15, 0.2) is 17.9 Å². The molecule has 8 amide bonds. The number of carboxylic acids is 1. The zero-order valence-corrected chi connectivity index (χ0v) is 52.5. The standard InChI is InChI=1S/C60H94N20O10/c1-30(2)45(53(85)76-44(57(89)90)27-35-29-72-40-20-12-10-17-37(35)40)78-55(87)47(32(5)6)80-56(88)48(33(7)8)79-54(86)46(31(3)4)77-52(84)43(26-34-28-71-39-19-11-9-16-36(34)39)75-51(83)42(22-15-25-70-60(66)67)74-50(82)41(21-14-24-69-59(64)65)73-49(81)38(61)18-13-23-68-58(62)63/h9-12,16-17,19-20,28-33,38,41-48,71-72H,13-15,18,21-27,61H2,1-8H3,(H,73,81)(H,74,82)(H,75,83)(H,76,85)(H,77,84)(H,78,87)(H,79,86)(H,80,88)(H,89,90)(H4,62,63,68)(H4,64,65,69)(H4,66,67,70)/t38-,41-,42-,43-,44-,45-,46-,47-,48-/m0/s1. The van der Waals surface area contributed by atoms with Gasteiger partial charge in [0.05, 0.1) is 6.04 Å². The van der Waals surface area contributed by atoms with Crippen LogP contribution in [-0.4, -0.2) is 160 Å². The molecule has 0 aliphatic carbocycles. The van der Waals surface area contributed by atoms with Gasteiger partial charge in [0, 0.05) is 66.7 Å². The number of hydrogen-bond donors (Lipinski definition) is 21. The molecule has 0 radical (unpaired) electrons. The van der Waals surface area contributed by atoms with Crippen LogP contribution in [0.1, 0.15) is 105 Å². The van der Waals surface area contributed by atoms with Crippen LogP contribution in [0, 0.1) is 39.9 Å². The maximum Gasteiger partial charge on any atom is 0.326 e. The van der Waals surface area contributed by atoms with Crippen molar-refractivity contribution in [2.24, 2.45) is 46.6 Å². The van der Waals surface area contributed by atoms with Gasteiger partial charge in [-0.1, -0.05) is 91.8 Å². The first kappa shape index (κ1) is 73.0. The van der Waals surface area contributed by atoms with E-state index in [9.17, 15) is 48.3 Å². The van der Waals surface area contributed by atoms with Crippen LogP contribution in [0.2, 0.25) is 0 Å². The van der Waals surface area contributed by atoms with E-state index >= 15 is 0 Å². The number of carboxylic acid groups (broad SMARTS) is 1. The molecule has 25 N–H and O–H groups in total. The summed E-state index contributed by atoms with van der Waals surface area (Å²) in [5.74, 6) is -10.7. The fourth-order valence-corrected chi connectivity index (χ4v) is 9.93. The quantitative estimate of drug-likeness (QED) is 0.0148. The van der Waals surface area contributed by atoms with Gasteiger partial charge < -0.3 is 96.5 Å². The number of para-hydroxylation sites is 2. The van der Waals surface area contributed by atoms with Gasteiger partial charge in [0.1, 0.15) is 48.3 Å². The maximum atomic E-state index is 14.9. The molecule has 4 aromatic rings. The van der Waals surface area contributed by atoms with Gasteiger partial charge in [0.25, 0.3) is 0 Å². The highest BCUT2D eigenvalue weighted by Gasteiger charge is 2.38. The Labute approximate surface area is 523 Å². The predicted octanol–water partition coefficient (Wildman–Crippen LogP) is -0.861. The molecule has 0 bridgehead atoms. The molecule has 4 rings (SSSR count). The van der Waals surface area contributed by atoms with E-state index in [2.05, 4.69) is 68.5 Å². The second-order valence-corrected chi connectivity index (χ2v) is 23.7. The van der Waals surface area contributed by atoms with E-state index in [0.717, 1.165) is 21.8 Å². The van der Waals surface area contributed by atoms with Crippen molar-refractivity contribution in [3.05, 3.63) is 72.1 Å². The Kier molecular flexibility index (Phi) is 28.8. The van der Waals surface area contributed by atoms with E-state index in [0.29, 0.717) is 17.5 Å². The summed E-state index contributed by atoms with van der Waals surface area (Å²) in [5, 5.41) is 64.0.